The molecule has 0 spiro atoms. The molecule has 0 N–H and O–H groups in total. The van der Waals surface area contributed by atoms with E-state index in [1.165, 1.54) is 6.07 Å². The van der Waals surface area contributed by atoms with Crippen LogP contribution in [0.4, 0.5) is 0 Å². The molecule has 5 nitrogen and oxygen atoms in total. The zero-order valence-electron chi connectivity index (χ0n) is 19.4. The molecule has 0 radical (unpaired) electrons. The number of hydrogen-bond donors (Lipinski definition) is 0. The van der Waals surface area contributed by atoms with Gasteiger partial charge in [0.1, 0.15) is 16.9 Å². The van der Waals surface area contributed by atoms with Gasteiger partial charge in [0.25, 0.3) is 0 Å². The number of benzene rings is 3. The Bertz CT molecular complexity index is 1630. The van der Waals surface area contributed by atoms with E-state index in [2.05, 4.69) is 22.9 Å². The number of ketones is 1. The molecule has 0 saturated carbocycles. The molecule has 0 saturated heterocycles. The van der Waals surface area contributed by atoms with Crippen LogP contribution < -0.4 is 10.4 Å². The lowest BCUT2D eigenvalue weighted by Crippen LogP contribution is -2.03. The first kappa shape index (κ1) is 23.1. The standard InChI is InChI=1S/C29H23BrO5/c1-3-4-13-33-21-10-6-8-19(16-21)27(32)29-25(18-7-5-9-20(30)15-18)26-23(34-29)12-11-22-17(2)14-24(31)35-28(22)26/h5-12,14-16H,3-4,13H2,1-2H3. The molecule has 0 aliphatic carbocycles. The second kappa shape index (κ2) is 9.55. The van der Waals surface area contributed by atoms with Gasteiger partial charge < -0.3 is 13.6 Å². The minimum atomic E-state index is -0.450. The summed E-state index contributed by atoms with van der Waals surface area (Å²) in [6.07, 6.45) is 1.96. The normalized spacial score (nSPS) is 11.3. The van der Waals surface area contributed by atoms with E-state index in [1.807, 2.05) is 49.4 Å². The lowest BCUT2D eigenvalue weighted by atomic mass is 9.96. The van der Waals surface area contributed by atoms with Gasteiger partial charge in [0.2, 0.25) is 5.78 Å². The van der Waals surface area contributed by atoms with Crippen LogP contribution in [0.3, 0.4) is 0 Å². The van der Waals surface area contributed by atoms with E-state index in [0.29, 0.717) is 40.0 Å². The maximum Gasteiger partial charge on any atom is 0.336 e. The highest BCUT2D eigenvalue weighted by Gasteiger charge is 2.26. The number of ether oxygens (including phenoxy) is 1. The van der Waals surface area contributed by atoms with Gasteiger partial charge in [-0.25, -0.2) is 4.79 Å². The monoisotopic (exact) mass is 530 g/mol. The highest BCUT2D eigenvalue weighted by Crippen LogP contribution is 2.41. The molecule has 0 unspecified atom stereocenters. The van der Waals surface area contributed by atoms with Crippen LogP contribution in [-0.2, 0) is 0 Å². The molecular formula is C29H23BrO5. The van der Waals surface area contributed by atoms with Gasteiger partial charge in [-0.3, -0.25) is 4.79 Å². The summed E-state index contributed by atoms with van der Waals surface area (Å²) in [5.74, 6) is 0.539. The van der Waals surface area contributed by atoms with Gasteiger partial charge in [0.15, 0.2) is 5.76 Å². The van der Waals surface area contributed by atoms with Crippen LogP contribution in [0, 0.1) is 6.92 Å². The summed E-state index contributed by atoms with van der Waals surface area (Å²) in [6.45, 7) is 4.55. The molecule has 0 bridgehead atoms. The fourth-order valence-electron chi connectivity index (χ4n) is 4.23. The number of rotatable bonds is 7. The molecule has 5 aromatic rings. The predicted octanol–water partition coefficient (Wildman–Crippen LogP) is 7.69. The third-order valence-electron chi connectivity index (χ3n) is 5.95. The number of fused-ring (bicyclic) bond motifs is 3. The van der Waals surface area contributed by atoms with Gasteiger partial charge in [-0.15, -0.1) is 0 Å². The highest BCUT2D eigenvalue weighted by molar-refractivity contribution is 9.10. The van der Waals surface area contributed by atoms with E-state index in [-0.39, 0.29) is 11.5 Å². The Morgan fingerprint density at radius 2 is 1.83 bits per heavy atom. The van der Waals surface area contributed by atoms with Gasteiger partial charge in [-0.2, -0.15) is 0 Å². The van der Waals surface area contributed by atoms with Gasteiger partial charge >= 0.3 is 5.63 Å². The van der Waals surface area contributed by atoms with Crippen molar-refractivity contribution in [1.82, 2.24) is 0 Å². The molecule has 0 atom stereocenters. The van der Waals surface area contributed by atoms with E-state index in [1.54, 1.807) is 18.2 Å². The number of unbranched alkanes of at least 4 members (excludes halogenated alkanes) is 1. The predicted molar refractivity (Wildman–Crippen MR) is 140 cm³/mol. The zero-order chi connectivity index (χ0) is 24.5. The van der Waals surface area contributed by atoms with Crippen molar-refractivity contribution in [3.8, 4) is 16.9 Å². The summed E-state index contributed by atoms with van der Waals surface area (Å²) in [5, 5.41) is 1.39. The molecule has 0 aliphatic rings. The van der Waals surface area contributed by atoms with Crippen LogP contribution in [0.5, 0.6) is 5.75 Å². The summed E-state index contributed by atoms with van der Waals surface area (Å²) < 4.78 is 18.5. The minimum absolute atomic E-state index is 0.181. The van der Waals surface area contributed by atoms with Crippen LogP contribution in [0.2, 0.25) is 0 Å². The van der Waals surface area contributed by atoms with E-state index < -0.39 is 5.63 Å². The van der Waals surface area contributed by atoms with Gasteiger partial charge in [-0.05, 0) is 60.9 Å². The number of carbonyl (C=O) groups is 1. The van der Waals surface area contributed by atoms with Crippen LogP contribution in [0.15, 0.2) is 84.8 Å². The maximum atomic E-state index is 13.8. The number of furan rings is 1. The van der Waals surface area contributed by atoms with Crippen molar-refractivity contribution in [3.63, 3.8) is 0 Å². The van der Waals surface area contributed by atoms with Crippen LogP contribution in [0.1, 0.15) is 41.4 Å². The molecule has 0 fully saturated rings. The SMILES string of the molecule is CCCCOc1cccc(C(=O)c2oc3ccc4c(C)cc(=O)oc4c3c2-c2cccc(Br)c2)c1. The van der Waals surface area contributed by atoms with Gasteiger partial charge in [0.05, 0.1) is 12.0 Å². The molecule has 2 aromatic heterocycles. The first-order valence-corrected chi connectivity index (χ1v) is 12.3. The average Bonchev–Trinajstić information content (AvgIpc) is 3.24. The number of hydrogen-bond acceptors (Lipinski definition) is 5. The summed E-state index contributed by atoms with van der Waals surface area (Å²) in [5.41, 5.74) is 3.03. The molecule has 6 heteroatoms. The Hall–Kier alpha value is -3.64. The Labute approximate surface area is 210 Å². The highest BCUT2D eigenvalue weighted by atomic mass is 79.9. The van der Waals surface area contributed by atoms with Gasteiger partial charge in [0, 0.05) is 27.1 Å². The summed E-state index contributed by atoms with van der Waals surface area (Å²) in [6, 6.07) is 19.9. The smallest absolute Gasteiger partial charge is 0.336 e. The Morgan fingerprint density at radius 1 is 1.00 bits per heavy atom. The van der Waals surface area contributed by atoms with E-state index >= 15 is 0 Å². The molecule has 35 heavy (non-hydrogen) atoms. The largest absolute Gasteiger partial charge is 0.494 e. The number of halogens is 1. The number of carbonyl (C=O) groups excluding carboxylic acids is 1. The second-order valence-corrected chi connectivity index (χ2v) is 9.36. The van der Waals surface area contributed by atoms with Crippen molar-refractivity contribution in [2.45, 2.75) is 26.7 Å². The quantitative estimate of drug-likeness (QED) is 0.122. The fourth-order valence-corrected chi connectivity index (χ4v) is 4.63. The van der Waals surface area contributed by atoms with Crippen molar-refractivity contribution < 1.29 is 18.4 Å². The fraction of sp³-hybridized carbons (Fsp3) is 0.172. The lowest BCUT2D eigenvalue weighted by molar-refractivity contribution is 0.101. The van der Waals surface area contributed by atoms with E-state index in [4.69, 9.17) is 13.6 Å². The van der Waals surface area contributed by atoms with Crippen LogP contribution in [-0.4, -0.2) is 12.4 Å². The molecule has 0 aliphatic heterocycles. The molecular weight excluding hydrogens is 508 g/mol. The average molecular weight is 531 g/mol. The summed E-state index contributed by atoms with van der Waals surface area (Å²) >= 11 is 3.53. The van der Waals surface area contributed by atoms with E-state index in [9.17, 15) is 9.59 Å². The first-order chi connectivity index (χ1) is 17.0. The molecule has 176 valence electrons. The van der Waals surface area contributed by atoms with Crippen LogP contribution >= 0.6 is 15.9 Å². The van der Waals surface area contributed by atoms with Crippen molar-refractivity contribution in [2.24, 2.45) is 0 Å². The van der Waals surface area contributed by atoms with Crippen molar-refractivity contribution in [1.29, 1.82) is 0 Å². The molecule has 2 heterocycles. The molecule has 5 rings (SSSR count). The van der Waals surface area contributed by atoms with Crippen molar-refractivity contribution in [2.75, 3.05) is 6.61 Å². The maximum absolute atomic E-state index is 13.8. The van der Waals surface area contributed by atoms with Crippen molar-refractivity contribution in [3.05, 3.63) is 98.5 Å². The molecule has 3 aromatic carbocycles. The first-order valence-electron chi connectivity index (χ1n) is 11.5. The van der Waals surface area contributed by atoms with Crippen molar-refractivity contribution >= 4 is 43.7 Å². The third-order valence-corrected chi connectivity index (χ3v) is 6.45. The van der Waals surface area contributed by atoms with Crippen LogP contribution in [0.25, 0.3) is 33.1 Å². The minimum Gasteiger partial charge on any atom is -0.494 e. The molecule has 0 amide bonds. The third kappa shape index (κ3) is 4.42. The second-order valence-electron chi connectivity index (χ2n) is 8.44. The Balaban J connectivity index is 1.75. The topological polar surface area (TPSA) is 69.7 Å². The summed E-state index contributed by atoms with van der Waals surface area (Å²) in [4.78, 5) is 26.1. The Kier molecular flexibility index (Phi) is 6.31. The lowest BCUT2D eigenvalue weighted by Gasteiger charge is -2.08. The zero-order valence-corrected chi connectivity index (χ0v) is 21.0. The van der Waals surface area contributed by atoms with Gasteiger partial charge in [-0.1, -0.05) is 53.5 Å². The summed E-state index contributed by atoms with van der Waals surface area (Å²) in [7, 11) is 0. The Morgan fingerprint density at radius 3 is 2.63 bits per heavy atom. The number of aryl methyl sites for hydroxylation is 1. The van der Waals surface area contributed by atoms with E-state index in [0.717, 1.165) is 33.8 Å².